The van der Waals surface area contributed by atoms with E-state index in [0.717, 1.165) is 29.4 Å². The molecule has 1 aliphatic heterocycles. The molecule has 4 rings (SSSR count). The van der Waals surface area contributed by atoms with Crippen molar-refractivity contribution in [2.75, 3.05) is 6.54 Å². The minimum atomic E-state index is 0.0173. The molecule has 0 fully saturated rings. The lowest BCUT2D eigenvalue weighted by Gasteiger charge is -2.26. The molecule has 5 heteroatoms. The highest BCUT2D eigenvalue weighted by Gasteiger charge is 2.25. The van der Waals surface area contributed by atoms with Crippen LogP contribution in [0.15, 0.2) is 29.6 Å². The van der Waals surface area contributed by atoms with Gasteiger partial charge in [-0.25, -0.2) is 0 Å². The molecule has 3 heterocycles. The summed E-state index contributed by atoms with van der Waals surface area (Å²) in [6, 6.07) is 8.13. The predicted molar refractivity (Wildman–Crippen MR) is 83.6 cm³/mol. The minimum Gasteiger partial charge on any atom is -0.333 e. The third-order valence-corrected chi connectivity index (χ3v) is 5.04. The topological polar surface area (TPSA) is 49.0 Å². The average Bonchev–Trinajstić information content (AvgIpc) is 3.11. The first kappa shape index (κ1) is 12.6. The summed E-state index contributed by atoms with van der Waals surface area (Å²) < 4.78 is 0. The second kappa shape index (κ2) is 4.70. The van der Waals surface area contributed by atoms with E-state index < -0.39 is 0 Å². The second-order valence-electron chi connectivity index (χ2n) is 5.47. The molecule has 4 nitrogen and oxygen atoms in total. The maximum absolute atomic E-state index is 12.8. The Hall–Kier alpha value is -2.14. The van der Waals surface area contributed by atoms with Gasteiger partial charge in [-0.15, -0.1) is 11.3 Å². The van der Waals surface area contributed by atoms with E-state index in [0.29, 0.717) is 12.2 Å². The number of rotatable bonds is 1. The number of hydrogen-bond acceptors (Lipinski definition) is 3. The standard InChI is InChI=1S/C16H15N3OS/c1-10-2-3-13-12(8-10)15(18-17-13)16(20)19-6-4-14-11(9-19)5-7-21-14/h2-3,5,7-8H,4,6,9H2,1H3,(H,17,18). The number of hydrogen-bond donors (Lipinski definition) is 1. The molecule has 2 aromatic heterocycles. The molecule has 3 aromatic rings. The van der Waals surface area contributed by atoms with E-state index in [-0.39, 0.29) is 5.91 Å². The third kappa shape index (κ3) is 2.05. The molecule has 0 saturated carbocycles. The summed E-state index contributed by atoms with van der Waals surface area (Å²) in [5.74, 6) is 0.0173. The Labute approximate surface area is 126 Å². The van der Waals surface area contributed by atoms with Gasteiger partial charge in [0, 0.05) is 23.4 Å². The van der Waals surface area contributed by atoms with E-state index in [4.69, 9.17) is 0 Å². The molecule has 1 N–H and O–H groups in total. The summed E-state index contributed by atoms with van der Waals surface area (Å²) in [5, 5.41) is 10.2. The lowest BCUT2D eigenvalue weighted by Crippen LogP contribution is -2.35. The molecule has 1 amide bonds. The largest absolute Gasteiger partial charge is 0.333 e. The van der Waals surface area contributed by atoms with Crippen LogP contribution in [0, 0.1) is 6.92 Å². The zero-order valence-corrected chi connectivity index (χ0v) is 12.5. The Morgan fingerprint density at radius 2 is 2.29 bits per heavy atom. The highest BCUT2D eigenvalue weighted by Crippen LogP contribution is 2.26. The van der Waals surface area contributed by atoms with Crippen LogP contribution in [-0.2, 0) is 13.0 Å². The van der Waals surface area contributed by atoms with E-state index in [1.807, 2.05) is 30.0 Å². The van der Waals surface area contributed by atoms with Crippen molar-refractivity contribution < 1.29 is 4.79 Å². The van der Waals surface area contributed by atoms with Crippen molar-refractivity contribution in [3.05, 3.63) is 51.3 Å². The number of fused-ring (bicyclic) bond motifs is 2. The molecule has 0 atom stereocenters. The predicted octanol–water partition coefficient (Wildman–Crippen LogP) is 3.13. The fraction of sp³-hybridized carbons (Fsp3) is 0.250. The molecular formula is C16H15N3OS. The minimum absolute atomic E-state index is 0.0173. The maximum Gasteiger partial charge on any atom is 0.275 e. The van der Waals surface area contributed by atoms with Gasteiger partial charge in [-0.2, -0.15) is 5.10 Å². The smallest absolute Gasteiger partial charge is 0.275 e. The Morgan fingerprint density at radius 1 is 1.38 bits per heavy atom. The van der Waals surface area contributed by atoms with Crippen LogP contribution >= 0.6 is 11.3 Å². The molecule has 1 aliphatic rings. The van der Waals surface area contributed by atoms with Crippen LogP contribution < -0.4 is 0 Å². The molecule has 1 aromatic carbocycles. The molecule has 106 valence electrons. The SMILES string of the molecule is Cc1ccc2[nH]nc(C(=O)N3CCc4sccc4C3)c2c1. The first-order valence-corrected chi connectivity index (χ1v) is 7.89. The lowest BCUT2D eigenvalue weighted by molar-refractivity contribution is 0.0732. The van der Waals surface area contributed by atoms with Crippen LogP contribution in [0.25, 0.3) is 10.9 Å². The summed E-state index contributed by atoms with van der Waals surface area (Å²) in [7, 11) is 0. The molecule has 21 heavy (non-hydrogen) atoms. The number of carbonyl (C=O) groups is 1. The van der Waals surface area contributed by atoms with Gasteiger partial charge >= 0.3 is 0 Å². The average molecular weight is 297 g/mol. The van der Waals surface area contributed by atoms with E-state index in [1.54, 1.807) is 11.3 Å². The Balaban J connectivity index is 1.69. The highest BCUT2D eigenvalue weighted by atomic mass is 32.1. The fourth-order valence-electron chi connectivity index (χ4n) is 2.86. The van der Waals surface area contributed by atoms with E-state index in [1.165, 1.54) is 10.4 Å². The molecule has 0 radical (unpaired) electrons. The van der Waals surface area contributed by atoms with Gasteiger partial charge in [0.25, 0.3) is 5.91 Å². The highest BCUT2D eigenvalue weighted by molar-refractivity contribution is 7.10. The van der Waals surface area contributed by atoms with Gasteiger partial charge in [0.15, 0.2) is 5.69 Å². The van der Waals surface area contributed by atoms with Gasteiger partial charge in [-0.3, -0.25) is 9.89 Å². The molecule has 0 spiro atoms. The molecule has 0 bridgehead atoms. The van der Waals surface area contributed by atoms with E-state index >= 15 is 0 Å². The first-order valence-electron chi connectivity index (χ1n) is 7.01. The maximum atomic E-state index is 12.8. The number of amides is 1. The quantitative estimate of drug-likeness (QED) is 0.750. The van der Waals surface area contributed by atoms with Crippen LogP contribution in [0.4, 0.5) is 0 Å². The lowest BCUT2D eigenvalue weighted by atomic mass is 10.1. The van der Waals surface area contributed by atoms with Gasteiger partial charge in [-0.05, 0) is 42.5 Å². The van der Waals surface area contributed by atoms with Crippen molar-refractivity contribution in [1.29, 1.82) is 0 Å². The number of thiophene rings is 1. The Kier molecular flexibility index (Phi) is 2.82. The Bertz CT molecular complexity index is 833. The van der Waals surface area contributed by atoms with Crippen LogP contribution in [0.3, 0.4) is 0 Å². The number of aromatic amines is 1. The van der Waals surface area contributed by atoms with Crippen molar-refractivity contribution in [3.63, 3.8) is 0 Å². The monoisotopic (exact) mass is 297 g/mol. The van der Waals surface area contributed by atoms with Gasteiger partial charge in [-0.1, -0.05) is 11.6 Å². The van der Waals surface area contributed by atoms with Crippen molar-refractivity contribution in [2.45, 2.75) is 19.9 Å². The van der Waals surface area contributed by atoms with E-state index in [2.05, 4.69) is 21.6 Å². The third-order valence-electron chi connectivity index (χ3n) is 4.02. The summed E-state index contributed by atoms with van der Waals surface area (Å²) in [5.41, 5.74) is 3.86. The van der Waals surface area contributed by atoms with Crippen LogP contribution in [0.2, 0.25) is 0 Å². The normalized spacial score (nSPS) is 14.4. The van der Waals surface area contributed by atoms with Crippen LogP contribution in [-0.4, -0.2) is 27.5 Å². The number of benzene rings is 1. The van der Waals surface area contributed by atoms with Crippen LogP contribution in [0.1, 0.15) is 26.5 Å². The number of aromatic nitrogens is 2. The number of nitrogens with zero attached hydrogens (tertiary/aromatic N) is 2. The van der Waals surface area contributed by atoms with E-state index in [9.17, 15) is 4.79 Å². The number of nitrogens with one attached hydrogen (secondary N) is 1. The van der Waals surface area contributed by atoms with Gasteiger partial charge in [0.2, 0.25) is 0 Å². The second-order valence-corrected chi connectivity index (χ2v) is 6.47. The number of carbonyl (C=O) groups excluding carboxylic acids is 1. The van der Waals surface area contributed by atoms with Gasteiger partial charge in [0.05, 0.1) is 5.52 Å². The number of aryl methyl sites for hydroxylation is 1. The van der Waals surface area contributed by atoms with Crippen molar-refractivity contribution >= 4 is 28.1 Å². The Morgan fingerprint density at radius 3 is 3.19 bits per heavy atom. The van der Waals surface area contributed by atoms with Gasteiger partial charge in [0.1, 0.15) is 0 Å². The molecule has 0 aliphatic carbocycles. The summed E-state index contributed by atoms with van der Waals surface area (Å²) >= 11 is 1.78. The molecule has 0 unspecified atom stereocenters. The summed E-state index contributed by atoms with van der Waals surface area (Å²) in [6.07, 6.45) is 0.945. The number of H-pyrrole nitrogens is 1. The van der Waals surface area contributed by atoms with Gasteiger partial charge < -0.3 is 4.90 Å². The van der Waals surface area contributed by atoms with Crippen molar-refractivity contribution in [3.8, 4) is 0 Å². The summed E-state index contributed by atoms with van der Waals surface area (Å²) in [6.45, 7) is 3.49. The zero-order chi connectivity index (χ0) is 14.4. The zero-order valence-electron chi connectivity index (χ0n) is 11.7. The van der Waals surface area contributed by atoms with Crippen molar-refractivity contribution in [2.24, 2.45) is 0 Å². The van der Waals surface area contributed by atoms with Crippen molar-refractivity contribution in [1.82, 2.24) is 15.1 Å². The molecular weight excluding hydrogens is 282 g/mol. The van der Waals surface area contributed by atoms with Crippen LogP contribution in [0.5, 0.6) is 0 Å². The molecule has 0 saturated heterocycles. The first-order chi connectivity index (χ1) is 10.2. The summed E-state index contributed by atoms with van der Waals surface area (Å²) in [4.78, 5) is 16.1. The fourth-order valence-corrected chi connectivity index (χ4v) is 3.75.